The molecule has 2 amide bonds. The van der Waals surface area contributed by atoms with E-state index in [2.05, 4.69) is 66.5 Å². The van der Waals surface area contributed by atoms with E-state index in [-0.39, 0.29) is 30.7 Å². The highest BCUT2D eigenvalue weighted by atomic mass is 16.5. The van der Waals surface area contributed by atoms with Gasteiger partial charge >= 0.3 is 5.97 Å². The van der Waals surface area contributed by atoms with Crippen molar-refractivity contribution in [3.8, 4) is 28.3 Å². The Hall–Kier alpha value is -5.05. The average molecular weight is 705 g/mol. The SMILES string of the molecule is CCCCCCCOc1ccc(-c2cnc(-c3ccc(C[C@H](NC(=O)c4ccc(C(C)(C)C)cc4)C(=O)NCCC(=O)O)cc3)nc2)cc1C1CC1. The topological polar surface area (TPSA) is 131 Å². The lowest BCUT2D eigenvalue weighted by Crippen LogP contribution is -2.48. The van der Waals surface area contributed by atoms with Gasteiger partial charge in [0.15, 0.2) is 5.82 Å². The van der Waals surface area contributed by atoms with Crippen LogP contribution in [-0.2, 0) is 21.4 Å². The van der Waals surface area contributed by atoms with Crippen molar-refractivity contribution in [1.29, 1.82) is 0 Å². The van der Waals surface area contributed by atoms with E-state index in [4.69, 9.17) is 9.84 Å². The summed E-state index contributed by atoms with van der Waals surface area (Å²) in [5, 5.41) is 14.5. The maximum Gasteiger partial charge on any atom is 0.305 e. The molecule has 9 heteroatoms. The minimum atomic E-state index is -1.01. The summed E-state index contributed by atoms with van der Waals surface area (Å²) in [6.07, 6.45) is 12.1. The Kier molecular flexibility index (Phi) is 13.2. The van der Waals surface area contributed by atoms with Crippen molar-refractivity contribution < 1.29 is 24.2 Å². The minimum absolute atomic E-state index is 0.0356. The molecular weight excluding hydrogens is 652 g/mol. The number of ether oxygens (including phenoxy) is 1. The average Bonchev–Trinajstić information content (AvgIpc) is 3.99. The zero-order valence-corrected chi connectivity index (χ0v) is 30.9. The number of carboxylic acids is 1. The molecule has 0 bridgehead atoms. The van der Waals surface area contributed by atoms with E-state index in [0.717, 1.165) is 46.6 Å². The van der Waals surface area contributed by atoms with Crippen molar-refractivity contribution in [1.82, 2.24) is 20.6 Å². The number of carbonyl (C=O) groups is 3. The number of carbonyl (C=O) groups excluding carboxylic acids is 2. The first kappa shape index (κ1) is 38.2. The van der Waals surface area contributed by atoms with E-state index in [1.54, 1.807) is 12.1 Å². The predicted molar refractivity (Wildman–Crippen MR) is 204 cm³/mol. The Morgan fingerprint density at radius 3 is 2.17 bits per heavy atom. The van der Waals surface area contributed by atoms with E-state index in [0.29, 0.717) is 17.3 Å². The summed E-state index contributed by atoms with van der Waals surface area (Å²) in [5.74, 6) is 0.283. The molecule has 3 N–H and O–H groups in total. The van der Waals surface area contributed by atoms with Gasteiger partial charge in [0.05, 0.1) is 13.0 Å². The van der Waals surface area contributed by atoms with Gasteiger partial charge in [-0.3, -0.25) is 14.4 Å². The van der Waals surface area contributed by atoms with Gasteiger partial charge in [0.2, 0.25) is 5.91 Å². The van der Waals surface area contributed by atoms with Crippen LogP contribution in [0.15, 0.2) is 79.1 Å². The molecule has 1 aromatic heterocycles. The van der Waals surface area contributed by atoms with Crippen LogP contribution in [0.3, 0.4) is 0 Å². The quantitative estimate of drug-likeness (QED) is 0.0889. The standard InChI is InChI=1S/C43H52N4O5/c1-5-6-7-8-9-24-52-38-21-18-33(26-36(38)30-14-15-30)34-27-45-40(46-28-34)31-12-10-29(11-13-31)25-37(42(51)44-23-22-39(48)49)47-41(50)32-16-19-35(20-17-32)43(2,3)4/h10-13,16-21,26-28,30,37H,5-9,14-15,22-25H2,1-4H3,(H,44,51)(H,47,50)(H,48,49)/t37-/m0/s1. The predicted octanol–water partition coefficient (Wildman–Crippen LogP) is 8.27. The first-order valence-corrected chi connectivity index (χ1v) is 18.6. The minimum Gasteiger partial charge on any atom is -0.493 e. The third kappa shape index (κ3) is 11.0. The molecule has 0 aliphatic heterocycles. The summed E-state index contributed by atoms with van der Waals surface area (Å²) in [7, 11) is 0. The highest BCUT2D eigenvalue weighted by Gasteiger charge is 2.27. The van der Waals surface area contributed by atoms with Gasteiger partial charge in [-0.05, 0) is 77.1 Å². The number of amides is 2. The van der Waals surface area contributed by atoms with Gasteiger partial charge < -0.3 is 20.5 Å². The van der Waals surface area contributed by atoms with E-state index in [1.165, 1.54) is 44.1 Å². The Bertz CT molecular complexity index is 1790. The number of benzene rings is 3. The molecular formula is C43H52N4O5. The van der Waals surface area contributed by atoms with Crippen LogP contribution in [0.25, 0.3) is 22.5 Å². The van der Waals surface area contributed by atoms with Crippen LogP contribution in [0.2, 0.25) is 0 Å². The lowest BCUT2D eigenvalue weighted by molar-refractivity contribution is -0.137. The lowest BCUT2D eigenvalue weighted by atomic mass is 9.86. The lowest BCUT2D eigenvalue weighted by Gasteiger charge is -2.20. The van der Waals surface area contributed by atoms with Gasteiger partial charge in [-0.25, -0.2) is 9.97 Å². The fraction of sp³-hybridized carbons (Fsp3) is 0.419. The number of hydrogen-bond acceptors (Lipinski definition) is 6. The zero-order chi connectivity index (χ0) is 37.1. The molecule has 5 rings (SSSR count). The number of hydrogen-bond donors (Lipinski definition) is 3. The Labute approximate surface area is 307 Å². The monoisotopic (exact) mass is 704 g/mol. The van der Waals surface area contributed by atoms with Crippen molar-refractivity contribution in [3.63, 3.8) is 0 Å². The second-order valence-electron chi connectivity index (χ2n) is 14.8. The second-order valence-corrected chi connectivity index (χ2v) is 14.8. The van der Waals surface area contributed by atoms with Gasteiger partial charge in [0.1, 0.15) is 11.8 Å². The third-order valence-electron chi connectivity index (χ3n) is 9.44. The molecule has 0 spiro atoms. The van der Waals surface area contributed by atoms with Crippen LogP contribution in [0, 0.1) is 0 Å². The zero-order valence-electron chi connectivity index (χ0n) is 30.9. The number of nitrogens with one attached hydrogen (secondary N) is 2. The highest BCUT2D eigenvalue weighted by Crippen LogP contribution is 2.45. The molecule has 1 aliphatic carbocycles. The summed E-state index contributed by atoms with van der Waals surface area (Å²) in [5.41, 5.74) is 6.39. The van der Waals surface area contributed by atoms with Crippen LogP contribution >= 0.6 is 0 Å². The molecule has 1 saturated carbocycles. The van der Waals surface area contributed by atoms with Crippen LogP contribution < -0.4 is 15.4 Å². The number of aromatic nitrogens is 2. The van der Waals surface area contributed by atoms with Crippen molar-refractivity contribution in [3.05, 3.63) is 101 Å². The Morgan fingerprint density at radius 1 is 0.865 bits per heavy atom. The molecule has 9 nitrogen and oxygen atoms in total. The summed E-state index contributed by atoms with van der Waals surface area (Å²) in [6.45, 7) is 9.24. The molecule has 274 valence electrons. The number of aliphatic carboxylic acids is 1. The van der Waals surface area contributed by atoms with E-state index >= 15 is 0 Å². The molecule has 0 unspecified atom stereocenters. The van der Waals surface area contributed by atoms with E-state index < -0.39 is 17.9 Å². The molecule has 1 heterocycles. The van der Waals surface area contributed by atoms with Gasteiger partial charge in [0, 0.05) is 42.0 Å². The fourth-order valence-corrected chi connectivity index (χ4v) is 6.10. The Balaban J connectivity index is 1.24. The number of unbranched alkanes of at least 4 members (excludes halogenated alkanes) is 4. The van der Waals surface area contributed by atoms with Gasteiger partial charge in [-0.1, -0.05) is 95.8 Å². The van der Waals surface area contributed by atoms with Crippen molar-refractivity contribution in [2.75, 3.05) is 13.2 Å². The summed E-state index contributed by atoms with van der Waals surface area (Å²) >= 11 is 0. The fourth-order valence-electron chi connectivity index (χ4n) is 6.10. The molecule has 0 saturated heterocycles. The summed E-state index contributed by atoms with van der Waals surface area (Å²) in [4.78, 5) is 46.7. The number of nitrogens with zero attached hydrogens (tertiary/aromatic N) is 2. The van der Waals surface area contributed by atoms with Crippen LogP contribution in [0.4, 0.5) is 0 Å². The third-order valence-corrected chi connectivity index (χ3v) is 9.44. The molecule has 4 aromatic rings. The molecule has 0 radical (unpaired) electrons. The van der Waals surface area contributed by atoms with Crippen LogP contribution in [0.1, 0.15) is 112 Å². The van der Waals surface area contributed by atoms with Gasteiger partial charge in [-0.2, -0.15) is 0 Å². The molecule has 52 heavy (non-hydrogen) atoms. The van der Waals surface area contributed by atoms with Crippen LogP contribution in [-0.4, -0.2) is 52.1 Å². The van der Waals surface area contributed by atoms with Crippen molar-refractivity contribution in [2.24, 2.45) is 0 Å². The van der Waals surface area contributed by atoms with Crippen molar-refractivity contribution in [2.45, 2.75) is 103 Å². The van der Waals surface area contributed by atoms with Gasteiger partial charge in [-0.15, -0.1) is 0 Å². The van der Waals surface area contributed by atoms with E-state index in [9.17, 15) is 14.4 Å². The Morgan fingerprint density at radius 2 is 1.54 bits per heavy atom. The van der Waals surface area contributed by atoms with E-state index in [1.807, 2.05) is 48.8 Å². The summed E-state index contributed by atoms with van der Waals surface area (Å²) < 4.78 is 6.22. The summed E-state index contributed by atoms with van der Waals surface area (Å²) in [6, 6.07) is 20.4. The van der Waals surface area contributed by atoms with Crippen molar-refractivity contribution >= 4 is 17.8 Å². The maximum absolute atomic E-state index is 13.2. The molecule has 1 aliphatic rings. The number of carboxylic acid groups (broad SMARTS) is 1. The first-order chi connectivity index (χ1) is 25.0. The molecule has 1 fully saturated rings. The number of rotatable bonds is 18. The maximum atomic E-state index is 13.2. The molecule has 3 aromatic carbocycles. The smallest absolute Gasteiger partial charge is 0.305 e. The van der Waals surface area contributed by atoms with Gasteiger partial charge in [0.25, 0.3) is 5.91 Å². The first-order valence-electron chi connectivity index (χ1n) is 18.6. The van der Waals surface area contributed by atoms with Crippen LogP contribution in [0.5, 0.6) is 5.75 Å². The largest absolute Gasteiger partial charge is 0.493 e. The molecule has 1 atom stereocenters. The highest BCUT2D eigenvalue weighted by molar-refractivity contribution is 5.97. The second kappa shape index (κ2) is 17.9. The normalized spacial score (nSPS) is 13.3.